The quantitative estimate of drug-likeness (QED) is 0.882. The highest BCUT2D eigenvalue weighted by Gasteiger charge is 2.19. The molecule has 1 fully saturated rings. The van der Waals surface area contributed by atoms with Gasteiger partial charge in [-0.25, -0.2) is 4.39 Å². The van der Waals surface area contributed by atoms with Gasteiger partial charge in [-0.2, -0.15) is 5.26 Å². The highest BCUT2D eigenvalue weighted by molar-refractivity contribution is 5.55. The molecule has 1 aromatic rings. The Morgan fingerprint density at radius 1 is 1.42 bits per heavy atom. The Labute approximate surface area is 114 Å². The summed E-state index contributed by atoms with van der Waals surface area (Å²) in [5.41, 5.74) is 1.74. The molecule has 0 aliphatic heterocycles. The van der Waals surface area contributed by atoms with Gasteiger partial charge >= 0.3 is 0 Å². The highest BCUT2D eigenvalue weighted by Crippen LogP contribution is 2.29. The monoisotopic (exact) mass is 260 g/mol. The zero-order chi connectivity index (χ0) is 13.8. The highest BCUT2D eigenvalue weighted by atomic mass is 19.1. The van der Waals surface area contributed by atoms with Crippen LogP contribution in [0.25, 0.3) is 0 Å². The lowest BCUT2D eigenvalue weighted by Crippen LogP contribution is -2.21. The maximum absolute atomic E-state index is 13.7. The molecule has 0 aromatic heterocycles. The minimum absolute atomic E-state index is 0.307. The molecule has 1 aliphatic rings. The number of anilines is 1. The Morgan fingerprint density at radius 2 is 2.21 bits per heavy atom. The predicted molar refractivity (Wildman–Crippen MR) is 75.5 cm³/mol. The normalized spacial score (nSPS) is 22.8. The topological polar surface area (TPSA) is 35.8 Å². The van der Waals surface area contributed by atoms with Crippen molar-refractivity contribution in [1.29, 1.82) is 5.26 Å². The molecule has 0 heterocycles. The van der Waals surface area contributed by atoms with Gasteiger partial charge in [0.25, 0.3) is 0 Å². The van der Waals surface area contributed by atoms with E-state index >= 15 is 0 Å². The summed E-state index contributed by atoms with van der Waals surface area (Å²) >= 11 is 0. The number of rotatable bonds is 3. The van der Waals surface area contributed by atoms with Crippen LogP contribution in [0.3, 0.4) is 0 Å². The molecule has 0 amide bonds. The van der Waals surface area contributed by atoms with Crippen molar-refractivity contribution in [1.82, 2.24) is 0 Å². The third kappa shape index (κ3) is 3.47. The molecule has 2 nitrogen and oxygen atoms in total. The van der Waals surface area contributed by atoms with E-state index in [0.29, 0.717) is 17.0 Å². The maximum Gasteiger partial charge on any atom is 0.129 e. The van der Waals surface area contributed by atoms with Crippen LogP contribution in [0.2, 0.25) is 0 Å². The number of nitrogens with zero attached hydrogens (tertiary/aromatic N) is 1. The Hall–Kier alpha value is -1.56. The van der Waals surface area contributed by atoms with Crippen molar-refractivity contribution >= 4 is 5.69 Å². The molecule has 19 heavy (non-hydrogen) atoms. The van der Waals surface area contributed by atoms with Crippen LogP contribution in [0.15, 0.2) is 12.1 Å². The molecule has 102 valence electrons. The van der Waals surface area contributed by atoms with Crippen LogP contribution in [0, 0.1) is 35.9 Å². The molecule has 1 aliphatic carbocycles. The van der Waals surface area contributed by atoms with Crippen molar-refractivity contribution < 1.29 is 4.39 Å². The molecular formula is C16H21FN2. The molecule has 2 unspecified atom stereocenters. The third-order valence-electron chi connectivity index (χ3n) is 4.10. The van der Waals surface area contributed by atoms with Crippen molar-refractivity contribution in [3.8, 4) is 6.07 Å². The van der Waals surface area contributed by atoms with Crippen molar-refractivity contribution in [3.05, 3.63) is 29.1 Å². The molecule has 0 spiro atoms. The van der Waals surface area contributed by atoms with Gasteiger partial charge in [-0.1, -0.05) is 19.8 Å². The average Bonchev–Trinajstić information content (AvgIpc) is 2.40. The van der Waals surface area contributed by atoms with E-state index in [1.807, 2.05) is 6.07 Å². The number of nitrogens with one attached hydrogen (secondary N) is 1. The fourth-order valence-corrected chi connectivity index (χ4v) is 2.93. The van der Waals surface area contributed by atoms with Crippen LogP contribution in [0.1, 0.15) is 43.7 Å². The fourth-order valence-electron chi connectivity index (χ4n) is 2.93. The van der Waals surface area contributed by atoms with Gasteiger partial charge in [0.2, 0.25) is 0 Å². The molecule has 1 saturated carbocycles. The van der Waals surface area contributed by atoms with Crippen LogP contribution >= 0.6 is 0 Å². The van der Waals surface area contributed by atoms with Gasteiger partial charge in [0.05, 0.1) is 11.6 Å². The second-order valence-electron chi connectivity index (χ2n) is 5.76. The lowest BCUT2D eigenvalue weighted by Gasteiger charge is -2.27. The summed E-state index contributed by atoms with van der Waals surface area (Å²) in [5.74, 6) is 1.15. The standard InChI is InChI=1S/C16H21FN2/c1-11-4-3-5-13(6-11)10-19-16-8-14(9-18)7-15(17)12(16)2/h7-8,11,13,19H,3-6,10H2,1-2H3. The van der Waals surface area contributed by atoms with Crippen molar-refractivity contribution in [2.24, 2.45) is 11.8 Å². The minimum Gasteiger partial charge on any atom is -0.384 e. The van der Waals surface area contributed by atoms with Gasteiger partial charge in [0, 0.05) is 17.8 Å². The molecule has 3 heteroatoms. The first-order chi connectivity index (χ1) is 9.10. The molecule has 2 rings (SSSR count). The number of halogens is 1. The Bertz CT molecular complexity index is 490. The summed E-state index contributed by atoms with van der Waals surface area (Å²) in [7, 11) is 0. The first kappa shape index (κ1) is 13.9. The van der Waals surface area contributed by atoms with Crippen LogP contribution < -0.4 is 5.32 Å². The van der Waals surface area contributed by atoms with E-state index in [2.05, 4.69) is 12.2 Å². The van der Waals surface area contributed by atoms with E-state index in [1.54, 1.807) is 13.0 Å². The third-order valence-corrected chi connectivity index (χ3v) is 4.10. The summed E-state index contributed by atoms with van der Waals surface area (Å²) in [4.78, 5) is 0. The van der Waals surface area contributed by atoms with Crippen LogP contribution in [0.5, 0.6) is 0 Å². The maximum atomic E-state index is 13.7. The molecule has 1 N–H and O–H groups in total. The number of benzene rings is 1. The van der Waals surface area contributed by atoms with Gasteiger partial charge in [0.1, 0.15) is 5.82 Å². The van der Waals surface area contributed by atoms with Crippen LogP contribution in [-0.2, 0) is 0 Å². The summed E-state index contributed by atoms with van der Waals surface area (Å²) in [6, 6.07) is 5.04. The molecule has 1 aromatic carbocycles. The van der Waals surface area contributed by atoms with E-state index in [9.17, 15) is 4.39 Å². The summed E-state index contributed by atoms with van der Waals surface area (Å²) in [6.45, 7) is 4.93. The minimum atomic E-state index is -0.307. The first-order valence-corrected chi connectivity index (χ1v) is 7.04. The average molecular weight is 260 g/mol. The van der Waals surface area contributed by atoms with E-state index in [-0.39, 0.29) is 5.82 Å². The Morgan fingerprint density at radius 3 is 2.89 bits per heavy atom. The van der Waals surface area contributed by atoms with Gasteiger partial charge < -0.3 is 5.32 Å². The zero-order valence-corrected chi connectivity index (χ0v) is 11.7. The van der Waals surface area contributed by atoms with Crippen molar-refractivity contribution in [2.45, 2.75) is 39.5 Å². The SMILES string of the molecule is Cc1c(F)cc(C#N)cc1NCC1CCCC(C)C1. The first-order valence-electron chi connectivity index (χ1n) is 7.04. The summed E-state index contributed by atoms with van der Waals surface area (Å²) in [6.07, 6.45) is 5.11. The summed E-state index contributed by atoms with van der Waals surface area (Å²) in [5, 5.41) is 12.2. The second kappa shape index (κ2) is 6.06. The number of hydrogen-bond donors (Lipinski definition) is 1. The van der Waals surface area contributed by atoms with Gasteiger partial charge in [-0.05, 0) is 43.7 Å². The lowest BCUT2D eigenvalue weighted by molar-refractivity contribution is 0.293. The fraction of sp³-hybridized carbons (Fsp3) is 0.562. The predicted octanol–water partition coefficient (Wildman–Crippen LogP) is 4.24. The van der Waals surface area contributed by atoms with E-state index in [4.69, 9.17) is 5.26 Å². The summed E-state index contributed by atoms with van der Waals surface area (Å²) < 4.78 is 13.7. The van der Waals surface area contributed by atoms with E-state index in [0.717, 1.165) is 18.2 Å². The van der Waals surface area contributed by atoms with Crippen LogP contribution in [0.4, 0.5) is 10.1 Å². The second-order valence-corrected chi connectivity index (χ2v) is 5.76. The Kier molecular flexibility index (Phi) is 4.42. The number of hydrogen-bond acceptors (Lipinski definition) is 2. The number of nitriles is 1. The molecule has 0 radical (unpaired) electrons. The molecule has 0 bridgehead atoms. The van der Waals surface area contributed by atoms with Crippen molar-refractivity contribution in [3.63, 3.8) is 0 Å². The van der Waals surface area contributed by atoms with Crippen LogP contribution in [-0.4, -0.2) is 6.54 Å². The van der Waals surface area contributed by atoms with Crippen molar-refractivity contribution in [2.75, 3.05) is 11.9 Å². The van der Waals surface area contributed by atoms with Gasteiger partial charge in [0.15, 0.2) is 0 Å². The zero-order valence-electron chi connectivity index (χ0n) is 11.7. The molecule has 0 saturated heterocycles. The largest absolute Gasteiger partial charge is 0.384 e. The smallest absolute Gasteiger partial charge is 0.129 e. The lowest BCUT2D eigenvalue weighted by atomic mass is 9.82. The Balaban J connectivity index is 2.03. The molecule has 2 atom stereocenters. The van der Waals surface area contributed by atoms with E-state index in [1.165, 1.54) is 31.7 Å². The molecular weight excluding hydrogens is 239 g/mol. The van der Waals surface area contributed by atoms with E-state index < -0.39 is 0 Å². The van der Waals surface area contributed by atoms with Gasteiger partial charge in [-0.15, -0.1) is 0 Å². The van der Waals surface area contributed by atoms with Gasteiger partial charge in [-0.3, -0.25) is 0 Å².